The van der Waals surface area contributed by atoms with Crippen molar-refractivity contribution in [1.82, 2.24) is 15.1 Å². The van der Waals surface area contributed by atoms with Crippen LogP contribution in [0.5, 0.6) is 0 Å². The van der Waals surface area contributed by atoms with Crippen molar-refractivity contribution < 1.29 is 14.0 Å². The van der Waals surface area contributed by atoms with Crippen molar-refractivity contribution >= 4 is 28.3 Å². The smallest absolute Gasteiger partial charge is 0.289 e. The number of hydrogen-bond donors (Lipinski definition) is 1. The van der Waals surface area contributed by atoms with E-state index in [2.05, 4.69) is 22.4 Å². The summed E-state index contributed by atoms with van der Waals surface area (Å²) < 4.78 is 5.15. The highest BCUT2D eigenvalue weighted by Crippen LogP contribution is 2.23. The van der Waals surface area contributed by atoms with Gasteiger partial charge in [0.2, 0.25) is 11.0 Å². The normalized spacial score (nSPS) is 15.2. The topological polar surface area (TPSA) is 88.3 Å². The van der Waals surface area contributed by atoms with Gasteiger partial charge < -0.3 is 14.6 Å². The Labute approximate surface area is 156 Å². The van der Waals surface area contributed by atoms with E-state index >= 15 is 0 Å². The molecule has 1 aliphatic heterocycles. The van der Waals surface area contributed by atoms with Gasteiger partial charge >= 0.3 is 0 Å². The summed E-state index contributed by atoms with van der Waals surface area (Å²) in [7, 11) is 0. The van der Waals surface area contributed by atoms with Crippen molar-refractivity contribution in [2.45, 2.75) is 45.4 Å². The van der Waals surface area contributed by atoms with Crippen molar-refractivity contribution in [3.8, 4) is 0 Å². The summed E-state index contributed by atoms with van der Waals surface area (Å²) in [4.78, 5) is 26.4. The predicted octanol–water partition coefficient (Wildman–Crippen LogP) is 3.35. The number of aryl methyl sites for hydroxylation is 1. The standard InChI is InChI=1S/C18H24N4O3S/c1-2-3-4-7-15-20-21-18(26-15)19-16(23)13-8-10-22(11-9-13)17(24)14-6-5-12-25-14/h5-6,12-13H,2-4,7-11H2,1H3,(H,19,21,23). The molecule has 0 saturated carbocycles. The molecule has 1 saturated heterocycles. The van der Waals surface area contributed by atoms with E-state index in [1.807, 2.05) is 0 Å². The van der Waals surface area contributed by atoms with E-state index in [-0.39, 0.29) is 17.7 Å². The minimum atomic E-state index is -0.116. The molecular weight excluding hydrogens is 352 g/mol. The van der Waals surface area contributed by atoms with Gasteiger partial charge in [-0.1, -0.05) is 31.1 Å². The second-order valence-corrected chi connectivity index (χ2v) is 7.55. The summed E-state index contributed by atoms with van der Waals surface area (Å²) >= 11 is 1.45. The van der Waals surface area contributed by atoms with Crippen molar-refractivity contribution in [2.75, 3.05) is 18.4 Å². The van der Waals surface area contributed by atoms with Gasteiger partial charge in [-0.2, -0.15) is 0 Å². The molecule has 140 valence electrons. The lowest BCUT2D eigenvalue weighted by atomic mass is 9.96. The van der Waals surface area contributed by atoms with Crippen LogP contribution in [0.1, 0.15) is 54.6 Å². The highest BCUT2D eigenvalue weighted by atomic mass is 32.1. The van der Waals surface area contributed by atoms with Gasteiger partial charge in [-0.05, 0) is 31.4 Å². The number of amides is 2. The predicted molar refractivity (Wildman–Crippen MR) is 99.1 cm³/mol. The first-order valence-corrected chi connectivity index (χ1v) is 9.95. The molecule has 2 aromatic heterocycles. The number of unbranched alkanes of at least 4 members (excludes halogenated alkanes) is 2. The lowest BCUT2D eigenvalue weighted by molar-refractivity contribution is -0.121. The monoisotopic (exact) mass is 376 g/mol. The number of anilines is 1. The van der Waals surface area contributed by atoms with E-state index in [0.717, 1.165) is 17.8 Å². The van der Waals surface area contributed by atoms with E-state index in [9.17, 15) is 9.59 Å². The number of nitrogens with one attached hydrogen (secondary N) is 1. The van der Waals surface area contributed by atoms with Gasteiger partial charge in [0.05, 0.1) is 6.26 Å². The SMILES string of the molecule is CCCCCc1nnc(NC(=O)C2CCN(C(=O)c3ccco3)CC2)s1. The Hall–Kier alpha value is -2.22. The second kappa shape index (κ2) is 8.93. The number of hydrogen-bond acceptors (Lipinski definition) is 6. The lowest BCUT2D eigenvalue weighted by Crippen LogP contribution is -2.41. The molecule has 0 bridgehead atoms. The van der Waals surface area contributed by atoms with Crippen LogP contribution < -0.4 is 5.32 Å². The molecule has 8 heteroatoms. The van der Waals surface area contributed by atoms with Crippen molar-refractivity contribution in [3.63, 3.8) is 0 Å². The maximum atomic E-state index is 12.4. The Bertz CT molecular complexity index is 721. The van der Waals surface area contributed by atoms with Gasteiger partial charge in [-0.3, -0.25) is 9.59 Å². The zero-order valence-electron chi connectivity index (χ0n) is 14.9. The Morgan fingerprint density at radius 2 is 2.12 bits per heavy atom. The highest BCUT2D eigenvalue weighted by Gasteiger charge is 2.29. The third kappa shape index (κ3) is 4.69. The maximum Gasteiger partial charge on any atom is 0.289 e. The molecule has 2 amide bonds. The van der Waals surface area contributed by atoms with Crippen molar-refractivity contribution in [3.05, 3.63) is 29.2 Å². The zero-order valence-corrected chi connectivity index (χ0v) is 15.8. The number of carbonyl (C=O) groups is 2. The van der Waals surface area contributed by atoms with Crippen LogP contribution in [-0.4, -0.2) is 40.0 Å². The first-order chi connectivity index (χ1) is 12.7. The molecule has 2 aromatic rings. The highest BCUT2D eigenvalue weighted by molar-refractivity contribution is 7.15. The van der Waals surface area contributed by atoms with Crippen molar-refractivity contribution in [2.24, 2.45) is 5.92 Å². The Morgan fingerprint density at radius 1 is 1.31 bits per heavy atom. The molecule has 26 heavy (non-hydrogen) atoms. The maximum absolute atomic E-state index is 12.4. The van der Waals surface area contributed by atoms with Gasteiger partial charge in [0.25, 0.3) is 5.91 Å². The minimum absolute atomic E-state index is 0.0358. The number of aromatic nitrogens is 2. The van der Waals surface area contributed by atoms with E-state index < -0.39 is 0 Å². The molecule has 7 nitrogen and oxygen atoms in total. The summed E-state index contributed by atoms with van der Waals surface area (Å²) in [6, 6.07) is 3.36. The van der Waals surface area contributed by atoms with E-state index in [1.165, 1.54) is 30.4 Å². The quantitative estimate of drug-likeness (QED) is 0.749. The molecule has 0 unspecified atom stereocenters. The fourth-order valence-electron chi connectivity index (χ4n) is 3.04. The molecule has 3 heterocycles. The molecule has 3 rings (SSSR count). The summed E-state index contributed by atoms with van der Waals surface area (Å²) in [6.45, 7) is 3.27. The number of rotatable bonds is 7. The number of nitrogens with zero attached hydrogens (tertiary/aromatic N) is 3. The second-order valence-electron chi connectivity index (χ2n) is 6.49. The van der Waals surface area contributed by atoms with E-state index in [1.54, 1.807) is 17.0 Å². The molecule has 0 aromatic carbocycles. The molecule has 0 atom stereocenters. The van der Waals surface area contributed by atoms with E-state index in [4.69, 9.17) is 4.42 Å². The molecular formula is C18H24N4O3S. The third-order valence-corrected chi connectivity index (χ3v) is 5.47. The van der Waals surface area contributed by atoms with Crippen LogP contribution in [0.2, 0.25) is 0 Å². The van der Waals surface area contributed by atoms with E-state index in [0.29, 0.717) is 36.8 Å². The first-order valence-electron chi connectivity index (χ1n) is 9.13. The van der Waals surface area contributed by atoms with Gasteiger partial charge in [0.15, 0.2) is 5.76 Å². The largest absolute Gasteiger partial charge is 0.459 e. The van der Waals surface area contributed by atoms with Crippen LogP contribution in [0.4, 0.5) is 5.13 Å². The van der Waals surface area contributed by atoms with Gasteiger partial charge in [0.1, 0.15) is 5.01 Å². The minimum Gasteiger partial charge on any atom is -0.459 e. The van der Waals surface area contributed by atoms with Gasteiger partial charge in [0, 0.05) is 25.4 Å². The average Bonchev–Trinajstić information content (AvgIpc) is 3.34. The molecule has 0 spiro atoms. The summed E-state index contributed by atoms with van der Waals surface area (Å²) in [5.74, 6) is 0.0847. The lowest BCUT2D eigenvalue weighted by Gasteiger charge is -2.30. The van der Waals surface area contributed by atoms with Crippen molar-refractivity contribution in [1.29, 1.82) is 0 Å². The Morgan fingerprint density at radius 3 is 2.81 bits per heavy atom. The average molecular weight is 376 g/mol. The third-order valence-electron chi connectivity index (χ3n) is 4.58. The molecule has 1 N–H and O–H groups in total. The molecule has 0 radical (unpaired) electrons. The van der Waals surface area contributed by atoms with Crippen LogP contribution in [-0.2, 0) is 11.2 Å². The van der Waals surface area contributed by atoms with Crippen LogP contribution in [0.3, 0.4) is 0 Å². The fourth-order valence-corrected chi connectivity index (χ4v) is 3.82. The van der Waals surface area contributed by atoms with Gasteiger partial charge in [-0.15, -0.1) is 10.2 Å². The summed E-state index contributed by atoms with van der Waals surface area (Å²) in [5, 5.41) is 12.6. The van der Waals surface area contributed by atoms with Gasteiger partial charge in [-0.25, -0.2) is 0 Å². The number of carbonyl (C=O) groups excluding carboxylic acids is 2. The molecule has 1 fully saturated rings. The van der Waals surface area contributed by atoms with Crippen LogP contribution in [0.25, 0.3) is 0 Å². The summed E-state index contributed by atoms with van der Waals surface area (Å²) in [5.41, 5.74) is 0. The fraction of sp³-hybridized carbons (Fsp3) is 0.556. The number of furan rings is 1. The zero-order chi connectivity index (χ0) is 18.4. The first kappa shape index (κ1) is 18.6. The Balaban J connectivity index is 1.46. The Kier molecular flexibility index (Phi) is 6.38. The molecule has 0 aliphatic carbocycles. The molecule has 1 aliphatic rings. The van der Waals surface area contributed by atoms with Crippen LogP contribution in [0, 0.1) is 5.92 Å². The number of piperidine rings is 1. The van der Waals surface area contributed by atoms with Crippen LogP contribution in [0.15, 0.2) is 22.8 Å². The summed E-state index contributed by atoms with van der Waals surface area (Å²) in [6.07, 6.45) is 7.13. The number of likely N-dealkylation sites (tertiary alicyclic amines) is 1. The van der Waals surface area contributed by atoms with Crippen LogP contribution >= 0.6 is 11.3 Å².